The third-order valence-corrected chi connectivity index (χ3v) is 4.02. The van der Waals surface area contributed by atoms with Crippen molar-refractivity contribution in [2.45, 2.75) is 5.54 Å². The Morgan fingerprint density at radius 3 is 1.96 bits per heavy atom. The first-order valence-electron chi connectivity index (χ1n) is 6.94. The third kappa shape index (κ3) is 2.52. The molecule has 1 saturated heterocycles. The highest BCUT2D eigenvalue weighted by Crippen LogP contribution is 2.35. The molecule has 116 valence electrons. The smallest absolute Gasteiger partial charge is 0.315 e. The summed E-state index contributed by atoms with van der Waals surface area (Å²) in [6.07, 6.45) is 0. The Morgan fingerprint density at radius 1 is 0.957 bits per heavy atom. The molecule has 0 bridgehead atoms. The molecule has 1 aliphatic rings. The number of nitrogens with zero attached hydrogens (tertiary/aromatic N) is 1. The number of nitrogens with one attached hydrogen (secondary N) is 1. The zero-order valence-corrected chi connectivity index (χ0v) is 13.1. The highest BCUT2D eigenvalue weighted by atomic mass is 31.1. The summed E-state index contributed by atoms with van der Waals surface area (Å²) in [5, 5.41) is 2.77. The predicted octanol–water partition coefficient (Wildman–Crippen LogP) is 2.40. The largest absolute Gasteiger partial charge is 0.496 e. The van der Waals surface area contributed by atoms with Crippen LogP contribution in [0.1, 0.15) is 11.1 Å². The first-order valence-corrected chi connectivity index (χ1v) is 7.76. The topological polar surface area (TPSA) is 75.7 Å². The minimum Gasteiger partial charge on any atom is -0.315 e. The van der Waals surface area contributed by atoms with E-state index in [4.69, 9.17) is 4.52 Å². The minimum atomic E-state index is -1.31. The first kappa shape index (κ1) is 15.3. The first-order chi connectivity index (χ1) is 11.2. The summed E-state index contributed by atoms with van der Waals surface area (Å²) in [5.74, 6) is -0.460. The number of carbonyl (C=O) groups excluding carboxylic acids is 2. The van der Waals surface area contributed by atoms with Crippen LogP contribution < -0.4 is 5.32 Å². The van der Waals surface area contributed by atoms with Crippen molar-refractivity contribution in [1.82, 2.24) is 10.2 Å². The van der Waals surface area contributed by atoms with Crippen LogP contribution in [0.4, 0.5) is 4.79 Å². The second kappa shape index (κ2) is 6.28. The third-order valence-electron chi connectivity index (χ3n) is 3.77. The lowest BCUT2D eigenvalue weighted by atomic mass is 9.83. The lowest BCUT2D eigenvalue weighted by Gasteiger charge is -2.27. The monoisotopic (exact) mass is 329 g/mol. The van der Waals surface area contributed by atoms with Crippen LogP contribution in [0.2, 0.25) is 0 Å². The number of rotatable bonds is 5. The van der Waals surface area contributed by atoms with Gasteiger partial charge in [0.15, 0.2) is 12.3 Å². The second-order valence-electron chi connectivity index (χ2n) is 5.00. The molecular formula is C16H14N2O4P+. The van der Waals surface area contributed by atoms with Crippen molar-refractivity contribution in [1.29, 1.82) is 0 Å². The fraction of sp³-hybridized carbons (Fsp3) is 0.125. The molecule has 1 aliphatic heterocycles. The lowest BCUT2D eigenvalue weighted by Crippen LogP contribution is -2.45. The fourth-order valence-electron chi connectivity index (χ4n) is 2.72. The molecule has 1 fully saturated rings. The van der Waals surface area contributed by atoms with Gasteiger partial charge in [0, 0.05) is 0 Å². The molecule has 0 radical (unpaired) electrons. The van der Waals surface area contributed by atoms with Crippen LogP contribution in [0.25, 0.3) is 0 Å². The van der Waals surface area contributed by atoms with Crippen molar-refractivity contribution >= 4 is 20.6 Å². The van der Waals surface area contributed by atoms with Crippen molar-refractivity contribution in [3.05, 3.63) is 71.8 Å². The maximum Gasteiger partial charge on any atom is 0.496 e. The van der Waals surface area contributed by atoms with Gasteiger partial charge in [-0.25, -0.2) is 9.69 Å². The van der Waals surface area contributed by atoms with Gasteiger partial charge >= 0.3 is 14.7 Å². The normalized spacial score (nSPS) is 16.6. The van der Waals surface area contributed by atoms with E-state index in [-0.39, 0.29) is 6.73 Å². The standard InChI is InChI=1S/C16H13N2O4P/c19-14-16(12-7-3-1-4-8-12,13-9-5-2-6-10-13)17-15(20)18(14)11-22-23-21/h1-10,23H,11H2/p+1. The molecule has 1 unspecified atom stereocenters. The summed E-state index contributed by atoms with van der Waals surface area (Å²) >= 11 is 0. The van der Waals surface area contributed by atoms with Gasteiger partial charge in [-0.05, 0) is 15.7 Å². The van der Waals surface area contributed by atoms with Gasteiger partial charge in [-0.3, -0.25) is 4.79 Å². The predicted molar refractivity (Wildman–Crippen MR) is 84.0 cm³/mol. The second-order valence-corrected chi connectivity index (χ2v) is 5.46. The fourth-order valence-corrected chi connectivity index (χ4v) is 2.90. The Kier molecular flexibility index (Phi) is 4.19. The van der Waals surface area contributed by atoms with E-state index in [2.05, 4.69) is 5.32 Å². The summed E-state index contributed by atoms with van der Waals surface area (Å²) in [7, 11) is -1.05. The van der Waals surface area contributed by atoms with E-state index in [0.717, 1.165) is 4.90 Å². The van der Waals surface area contributed by atoms with E-state index in [1.807, 2.05) is 12.1 Å². The highest BCUT2D eigenvalue weighted by molar-refractivity contribution is 7.17. The average Bonchev–Trinajstić information content (AvgIpc) is 2.86. The Labute approximate surface area is 134 Å². The molecule has 0 saturated carbocycles. The van der Waals surface area contributed by atoms with Crippen molar-refractivity contribution in [2.24, 2.45) is 0 Å². The van der Waals surface area contributed by atoms with Gasteiger partial charge < -0.3 is 5.32 Å². The highest BCUT2D eigenvalue weighted by Gasteiger charge is 2.54. The maximum absolute atomic E-state index is 13.0. The summed E-state index contributed by atoms with van der Waals surface area (Å²) < 4.78 is 15.3. The van der Waals surface area contributed by atoms with E-state index in [1.165, 1.54) is 0 Å². The van der Waals surface area contributed by atoms with Crippen LogP contribution in [-0.4, -0.2) is 23.6 Å². The van der Waals surface area contributed by atoms with Crippen LogP contribution in [0.3, 0.4) is 0 Å². The molecule has 7 heteroatoms. The molecule has 2 aromatic carbocycles. The number of hydrogen-bond acceptors (Lipinski definition) is 4. The van der Waals surface area contributed by atoms with Crippen LogP contribution in [0, 0.1) is 0 Å². The van der Waals surface area contributed by atoms with Gasteiger partial charge in [-0.2, -0.15) is 0 Å². The Balaban J connectivity index is 2.13. The van der Waals surface area contributed by atoms with Gasteiger partial charge in [-0.1, -0.05) is 60.7 Å². The molecule has 0 aliphatic carbocycles. The molecule has 0 aromatic heterocycles. The SMILES string of the molecule is O=[PH+]OCN1C(=O)NC(c2ccccc2)(c2ccccc2)C1=O. The number of carbonyl (C=O) groups is 2. The number of amides is 3. The van der Waals surface area contributed by atoms with Gasteiger partial charge in [0.05, 0.1) is 0 Å². The zero-order valence-electron chi connectivity index (χ0n) is 12.1. The average molecular weight is 329 g/mol. The van der Waals surface area contributed by atoms with Crippen molar-refractivity contribution in [3.63, 3.8) is 0 Å². The molecule has 1 heterocycles. The molecule has 6 nitrogen and oxygen atoms in total. The van der Waals surface area contributed by atoms with Gasteiger partial charge in [0.25, 0.3) is 5.91 Å². The van der Waals surface area contributed by atoms with Gasteiger partial charge in [-0.15, -0.1) is 4.52 Å². The number of urea groups is 1. The zero-order chi connectivity index (χ0) is 16.3. The summed E-state index contributed by atoms with van der Waals surface area (Å²) in [6, 6.07) is 17.4. The van der Waals surface area contributed by atoms with Crippen molar-refractivity contribution in [3.8, 4) is 0 Å². The van der Waals surface area contributed by atoms with Crippen LogP contribution >= 0.6 is 8.69 Å². The summed E-state index contributed by atoms with van der Waals surface area (Å²) in [4.78, 5) is 26.2. The van der Waals surface area contributed by atoms with Gasteiger partial charge in [0.2, 0.25) is 0 Å². The molecule has 2 aromatic rings. The van der Waals surface area contributed by atoms with Crippen LogP contribution in [0.15, 0.2) is 60.7 Å². The summed E-state index contributed by atoms with van der Waals surface area (Å²) in [5.41, 5.74) is -0.0113. The van der Waals surface area contributed by atoms with Crippen molar-refractivity contribution < 1.29 is 18.7 Å². The van der Waals surface area contributed by atoms with E-state index >= 15 is 0 Å². The summed E-state index contributed by atoms with van der Waals surface area (Å²) in [6.45, 7) is -0.353. The Bertz CT molecular complexity index is 697. The molecule has 3 amide bonds. The van der Waals surface area contributed by atoms with Crippen molar-refractivity contribution in [2.75, 3.05) is 6.73 Å². The van der Waals surface area contributed by atoms with Gasteiger partial charge in [0.1, 0.15) is 0 Å². The number of imide groups is 1. The Morgan fingerprint density at radius 2 is 1.48 bits per heavy atom. The quantitative estimate of drug-likeness (QED) is 0.675. The molecular weight excluding hydrogens is 315 g/mol. The molecule has 23 heavy (non-hydrogen) atoms. The number of benzene rings is 2. The molecule has 1 N–H and O–H groups in total. The Hall–Kier alpha value is -2.56. The molecule has 3 rings (SSSR count). The van der Waals surface area contributed by atoms with Crippen LogP contribution in [-0.2, 0) is 19.4 Å². The molecule has 1 atom stereocenters. The number of hydrogen-bond donors (Lipinski definition) is 1. The van der Waals surface area contributed by atoms with E-state index < -0.39 is 26.2 Å². The minimum absolute atomic E-state index is 0.353. The van der Waals surface area contributed by atoms with E-state index in [9.17, 15) is 14.2 Å². The molecule has 0 spiro atoms. The maximum atomic E-state index is 13.0. The van der Waals surface area contributed by atoms with E-state index in [0.29, 0.717) is 11.1 Å². The van der Waals surface area contributed by atoms with E-state index in [1.54, 1.807) is 48.5 Å². The lowest BCUT2D eigenvalue weighted by molar-refractivity contribution is -0.132. The van der Waals surface area contributed by atoms with Crippen LogP contribution in [0.5, 0.6) is 0 Å².